The average molecular weight is 392 g/mol. The first kappa shape index (κ1) is 20.8. The third-order valence-electron chi connectivity index (χ3n) is 3.97. The van der Waals surface area contributed by atoms with Gasteiger partial charge in [-0.05, 0) is 31.5 Å². The van der Waals surface area contributed by atoms with Crippen LogP contribution in [0.1, 0.15) is 32.0 Å². The van der Waals surface area contributed by atoms with E-state index in [1.54, 1.807) is 19.2 Å². The second-order valence-electron chi connectivity index (χ2n) is 6.20. The molecule has 1 unspecified atom stereocenters. The molecule has 0 saturated carbocycles. The van der Waals surface area contributed by atoms with Gasteiger partial charge >= 0.3 is 0 Å². The molecule has 27 heavy (non-hydrogen) atoms. The second kappa shape index (κ2) is 10.0. The zero-order valence-electron chi connectivity index (χ0n) is 15.9. The van der Waals surface area contributed by atoms with E-state index in [1.165, 1.54) is 24.4 Å². The summed E-state index contributed by atoms with van der Waals surface area (Å²) in [6.45, 7) is 4.77. The smallest absolute Gasteiger partial charge is 0.146 e. The molecule has 0 aliphatic rings. The van der Waals surface area contributed by atoms with E-state index in [2.05, 4.69) is 21.9 Å². The van der Waals surface area contributed by atoms with Crippen molar-refractivity contribution in [2.75, 3.05) is 24.2 Å². The highest BCUT2D eigenvalue weighted by atomic mass is 32.2. The van der Waals surface area contributed by atoms with Crippen LogP contribution in [-0.2, 0) is 10.8 Å². The maximum Gasteiger partial charge on any atom is 0.146 e. The molecule has 0 aliphatic heterocycles. The highest BCUT2D eigenvalue weighted by Gasteiger charge is 2.12. The number of nitrogens with two attached hydrogens (primary N) is 1. The lowest BCUT2D eigenvalue weighted by Gasteiger charge is -2.16. The van der Waals surface area contributed by atoms with Gasteiger partial charge in [0.05, 0.1) is 10.8 Å². The molecule has 0 amide bonds. The maximum absolute atomic E-state index is 13.5. The monoisotopic (exact) mass is 391 g/mol. The minimum Gasteiger partial charge on any atom is -0.384 e. The van der Waals surface area contributed by atoms with E-state index in [4.69, 9.17) is 5.73 Å². The van der Waals surface area contributed by atoms with Crippen molar-refractivity contribution in [1.29, 1.82) is 0 Å². The van der Waals surface area contributed by atoms with Crippen molar-refractivity contribution in [1.82, 2.24) is 15.0 Å². The van der Waals surface area contributed by atoms with Gasteiger partial charge in [0.25, 0.3) is 0 Å². The molecule has 0 saturated heterocycles. The summed E-state index contributed by atoms with van der Waals surface area (Å²) in [5.41, 5.74) is 6.10. The Morgan fingerprint density at radius 2 is 2.11 bits per heavy atom. The molecule has 0 fully saturated rings. The summed E-state index contributed by atoms with van der Waals surface area (Å²) in [6.07, 6.45) is 6.42. The van der Waals surface area contributed by atoms with E-state index in [9.17, 15) is 8.60 Å². The molecule has 0 radical (unpaired) electrons. The summed E-state index contributed by atoms with van der Waals surface area (Å²) >= 11 is 0. The molecule has 2 aromatic rings. The van der Waals surface area contributed by atoms with Crippen molar-refractivity contribution in [3.8, 4) is 0 Å². The van der Waals surface area contributed by atoms with E-state index < -0.39 is 16.6 Å². The van der Waals surface area contributed by atoms with Crippen LogP contribution < -0.4 is 10.6 Å². The van der Waals surface area contributed by atoms with E-state index >= 15 is 0 Å². The first-order chi connectivity index (χ1) is 12.9. The van der Waals surface area contributed by atoms with Gasteiger partial charge in [-0.25, -0.2) is 18.6 Å². The number of halogens is 1. The van der Waals surface area contributed by atoms with Gasteiger partial charge in [-0.1, -0.05) is 25.8 Å². The molecule has 1 aromatic heterocycles. The number of nitrogens with one attached hydrogen (secondary N) is 1. The lowest BCUT2D eigenvalue weighted by Crippen LogP contribution is -2.19. The molecular weight excluding hydrogens is 365 g/mol. The molecule has 0 spiro atoms. The summed E-state index contributed by atoms with van der Waals surface area (Å²) in [7, 11) is 0.277. The summed E-state index contributed by atoms with van der Waals surface area (Å²) in [6, 6.07) is 5.62. The van der Waals surface area contributed by atoms with Crippen molar-refractivity contribution < 1.29 is 8.60 Å². The number of aryl methyl sites for hydroxylation is 1. The van der Waals surface area contributed by atoms with E-state index in [0.29, 0.717) is 16.5 Å². The molecule has 0 bridgehead atoms. The number of hydrogen-bond donors (Lipinski definition) is 2. The predicted octanol–water partition coefficient (Wildman–Crippen LogP) is 3.75. The van der Waals surface area contributed by atoms with Crippen LogP contribution in [-0.4, -0.2) is 32.8 Å². The third kappa shape index (κ3) is 6.02. The maximum atomic E-state index is 13.5. The number of aromatic nitrogens is 3. The van der Waals surface area contributed by atoms with Gasteiger partial charge in [0.15, 0.2) is 0 Å². The number of hydrogen-bond acceptors (Lipinski definition) is 5. The molecule has 3 N–H and O–H groups in total. The molecule has 2 rings (SSSR count). The van der Waals surface area contributed by atoms with Crippen molar-refractivity contribution >= 4 is 22.4 Å². The van der Waals surface area contributed by atoms with Gasteiger partial charge in [-0.3, -0.25) is 0 Å². The summed E-state index contributed by atoms with van der Waals surface area (Å²) in [4.78, 5) is 14.3. The van der Waals surface area contributed by atoms with Crippen LogP contribution in [0.15, 0.2) is 46.5 Å². The number of rotatable bonds is 7. The minimum atomic E-state index is -1.67. The SMILES string of the molecule is CCCCCN(C)c1c[nH]c(N)c(S(=O)c2cccc(F)c2)cnc(C)n1. The largest absolute Gasteiger partial charge is 0.384 e. The molecule has 0 aliphatic carbocycles. The quantitative estimate of drug-likeness (QED) is 0.702. The first-order valence-electron chi connectivity index (χ1n) is 8.86. The molecule has 8 heteroatoms. The lowest BCUT2D eigenvalue weighted by atomic mass is 10.2. The standard InChI is InChI=1S/C19H26FN5OS/c1-4-5-6-10-25(3)18-13-23-19(21)17(12-22-14(2)24-18)27(26)16-9-7-8-15(20)11-16/h7-9,11-13,23H,4-6,10,21H2,1-3H3. The highest BCUT2D eigenvalue weighted by Crippen LogP contribution is 2.20. The molecule has 1 heterocycles. The fraction of sp³-hybridized carbons (Fsp3) is 0.368. The lowest BCUT2D eigenvalue weighted by molar-refractivity contribution is 0.622. The third-order valence-corrected chi connectivity index (χ3v) is 5.37. The first-order valence-corrected chi connectivity index (χ1v) is 10.0. The fourth-order valence-electron chi connectivity index (χ4n) is 2.43. The Bertz CT molecular complexity index is 854. The Hall–Kier alpha value is -2.48. The zero-order chi connectivity index (χ0) is 19.8. The van der Waals surface area contributed by atoms with Crippen LogP contribution in [0.2, 0.25) is 0 Å². The van der Waals surface area contributed by atoms with Gasteiger partial charge in [0, 0.05) is 30.9 Å². The van der Waals surface area contributed by atoms with Gasteiger partial charge in [-0.2, -0.15) is 0 Å². The van der Waals surface area contributed by atoms with Gasteiger partial charge < -0.3 is 15.6 Å². The van der Waals surface area contributed by atoms with Crippen molar-refractivity contribution in [3.63, 3.8) is 0 Å². The van der Waals surface area contributed by atoms with Crippen LogP contribution in [0.5, 0.6) is 0 Å². The topological polar surface area (TPSA) is 87.9 Å². The Kier molecular flexibility index (Phi) is 7.72. The molecule has 1 aromatic carbocycles. The summed E-state index contributed by atoms with van der Waals surface area (Å²) in [5, 5.41) is 0. The number of benzene rings is 1. The predicted molar refractivity (Wildman–Crippen MR) is 107 cm³/mol. The average Bonchev–Trinajstić information content (AvgIpc) is 2.71. The molecular formula is C19H26FN5OS. The van der Waals surface area contributed by atoms with Crippen LogP contribution in [0.3, 0.4) is 0 Å². The van der Waals surface area contributed by atoms with Crippen LogP contribution in [0.25, 0.3) is 0 Å². The second-order valence-corrected chi connectivity index (χ2v) is 7.65. The minimum absolute atomic E-state index is 0.186. The number of nitrogen functional groups attached to an aromatic ring is 1. The number of aromatic amines is 1. The normalized spacial score (nSPS) is 11.7. The van der Waals surface area contributed by atoms with Gasteiger partial charge in [-0.15, -0.1) is 0 Å². The van der Waals surface area contributed by atoms with Crippen molar-refractivity contribution in [2.24, 2.45) is 0 Å². The Labute approximate surface area is 161 Å². The van der Waals surface area contributed by atoms with Crippen molar-refractivity contribution in [2.45, 2.75) is 42.9 Å². The van der Waals surface area contributed by atoms with E-state index in [-0.39, 0.29) is 10.7 Å². The van der Waals surface area contributed by atoms with Crippen LogP contribution in [0, 0.1) is 12.7 Å². The fourth-order valence-corrected chi connectivity index (χ4v) is 3.51. The van der Waals surface area contributed by atoms with Crippen LogP contribution in [0.4, 0.5) is 16.0 Å². The molecule has 1 atom stereocenters. The van der Waals surface area contributed by atoms with Gasteiger partial charge in [0.2, 0.25) is 0 Å². The highest BCUT2D eigenvalue weighted by molar-refractivity contribution is 7.85. The number of anilines is 2. The Morgan fingerprint density at radius 3 is 2.81 bits per heavy atom. The Balaban J connectivity index is 2.42. The number of nitrogens with zero attached hydrogens (tertiary/aromatic N) is 3. The number of H-pyrrole nitrogens is 1. The summed E-state index contributed by atoms with van der Waals surface area (Å²) < 4.78 is 26.3. The Morgan fingerprint density at radius 1 is 1.33 bits per heavy atom. The van der Waals surface area contributed by atoms with E-state index in [0.717, 1.165) is 25.8 Å². The number of unbranched alkanes of at least 4 members (excludes halogenated alkanes) is 2. The van der Waals surface area contributed by atoms with Crippen molar-refractivity contribution in [3.05, 3.63) is 48.3 Å². The van der Waals surface area contributed by atoms with Crippen LogP contribution >= 0.6 is 0 Å². The zero-order valence-corrected chi connectivity index (χ0v) is 16.7. The molecule has 6 nitrogen and oxygen atoms in total. The summed E-state index contributed by atoms with van der Waals surface area (Å²) in [5.74, 6) is 0.919. The molecule has 146 valence electrons. The van der Waals surface area contributed by atoms with E-state index in [1.807, 2.05) is 11.9 Å². The van der Waals surface area contributed by atoms with Gasteiger partial charge in [0.1, 0.15) is 28.2 Å².